The standard InChI is InChI=1S/C26H32F3N7O2/c1-30-23(37)19-5-4-6-21(19)33-22-20(26(27,28)29)15-31-25(34-22)32-17-9-7-16(8-10-17)24(38)36(3)18-11-13-35(2)14-12-18/h7-10,15,18-19H,4-6,11-14H2,1-3H3,(H,30,37)(H,31,32,34)/t19-/m0/s1. The number of aliphatic imine (C=N–C) groups is 1. The minimum absolute atomic E-state index is 0.0747. The van der Waals surface area contributed by atoms with Crippen LogP contribution in [0.2, 0.25) is 0 Å². The highest BCUT2D eigenvalue weighted by molar-refractivity contribution is 6.06. The number of rotatable bonds is 6. The van der Waals surface area contributed by atoms with Gasteiger partial charge in [0.25, 0.3) is 5.91 Å². The first-order valence-electron chi connectivity index (χ1n) is 12.6. The van der Waals surface area contributed by atoms with Gasteiger partial charge in [0, 0.05) is 43.3 Å². The third-order valence-electron chi connectivity index (χ3n) is 7.16. The largest absolute Gasteiger partial charge is 0.421 e. The Kier molecular flexibility index (Phi) is 8.29. The summed E-state index contributed by atoms with van der Waals surface area (Å²) < 4.78 is 41.0. The van der Waals surface area contributed by atoms with E-state index in [1.54, 1.807) is 29.2 Å². The average molecular weight is 532 g/mol. The van der Waals surface area contributed by atoms with Gasteiger partial charge in [0.15, 0.2) is 5.82 Å². The van der Waals surface area contributed by atoms with Gasteiger partial charge in [-0.25, -0.2) is 9.98 Å². The van der Waals surface area contributed by atoms with Crippen molar-refractivity contribution < 1.29 is 22.8 Å². The number of carbonyl (C=O) groups is 2. The minimum Gasteiger partial charge on any atom is -0.359 e. The van der Waals surface area contributed by atoms with Gasteiger partial charge in [0.05, 0.1) is 5.92 Å². The minimum atomic E-state index is -4.71. The smallest absolute Gasteiger partial charge is 0.359 e. The first kappa shape index (κ1) is 27.5. The number of hydrogen-bond donors (Lipinski definition) is 2. The number of halogens is 3. The fourth-order valence-corrected chi connectivity index (χ4v) is 4.85. The molecule has 204 valence electrons. The van der Waals surface area contributed by atoms with E-state index in [2.05, 4.69) is 37.5 Å². The monoisotopic (exact) mass is 531 g/mol. The van der Waals surface area contributed by atoms with E-state index in [1.807, 2.05) is 7.05 Å². The summed E-state index contributed by atoms with van der Waals surface area (Å²) in [6.07, 6.45) is -0.585. The average Bonchev–Trinajstić information content (AvgIpc) is 3.36. The van der Waals surface area contributed by atoms with Crippen LogP contribution in [0, 0.1) is 5.92 Å². The van der Waals surface area contributed by atoms with Gasteiger partial charge in [0.1, 0.15) is 5.56 Å². The predicted octanol–water partition coefficient (Wildman–Crippen LogP) is 4.02. The summed E-state index contributed by atoms with van der Waals surface area (Å²) in [5, 5.41) is 5.42. The summed E-state index contributed by atoms with van der Waals surface area (Å²) in [5.74, 6) is -1.55. The lowest BCUT2D eigenvalue weighted by Crippen LogP contribution is -2.44. The number of nitrogens with one attached hydrogen (secondary N) is 2. The molecule has 12 heteroatoms. The number of aromatic nitrogens is 2. The predicted molar refractivity (Wildman–Crippen MR) is 138 cm³/mol. The Hall–Kier alpha value is -3.54. The molecule has 0 radical (unpaired) electrons. The van der Waals surface area contributed by atoms with Crippen LogP contribution in [0.1, 0.15) is 48.0 Å². The molecule has 2 aliphatic rings. The van der Waals surface area contributed by atoms with Crippen LogP contribution >= 0.6 is 0 Å². The molecule has 0 unspecified atom stereocenters. The van der Waals surface area contributed by atoms with Crippen molar-refractivity contribution in [3.05, 3.63) is 41.6 Å². The summed E-state index contributed by atoms with van der Waals surface area (Å²) in [4.78, 5) is 41.1. The van der Waals surface area contributed by atoms with Crippen molar-refractivity contribution in [2.24, 2.45) is 10.9 Å². The van der Waals surface area contributed by atoms with Gasteiger partial charge < -0.3 is 20.4 Å². The Morgan fingerprint density at radius 3 is 2.45 bits per heavy atom. The molecule has 2 aromatic rings. The second-order valence-electron chi connectivity index (χ2n) is 9.74. The van der Waals surface area contributed by atoms with Gasteiger partial charge in [-0.15, -0.1) is 0 Å². The van der Waals surface area contributed by atoms with E-state index in [0.29, 0.717) is 42.4 Å². The lowest BCUT2D eigenvalue weighted by Gasteiger charge is -2.35. The number of carbonyl (C=O) groups excluding carboxylic acids is 2. The van der Waals surface area contributed by atoms with E-state index < -0.39 is 23.5 Å². The number of benzene rings is 1. The first-order chi connectivity index (χ1) is 18.1. The maximum atomic E-state index is 13.7. The molecule has 0 spiro atoms. The Morgan fingerprint density at radius 1 is 1.13 bits per heavy atom. The molecule has 2 fully saturated rings. The molecule has 1 atom stereocenters. The Balaban J connectivity index is 1.52. The SMILES string of the molecule is CNC(=O)[C@H]1CCCC1=Nc1nc(Nc2ccc(C(=O)N(C)C3CCN(C)CC3)cc2)ncc1C(F)(F)F. The lowest BCUT2D eigenvalue weighted by molar-refractivity contribution is -0.137. The third kappa shape index (κ3) is 6.29. The van der Waals surface area contributed by atoms with Crippen LogP contribution in [0.25, 0.3) is 0 Å². The zero-order valence-corrected chi connectivity index (χ0v) is 21.7. The molecule has 1 aliphatic heterocycles. The topological polar surface area (TPSA) is 103 Å². The fourth-order valence-electron chi connectivity index (χ4n) is 4.85. The number of likely N-dealkylation sites (tertiary alicyclic amines) is 1. The van der Waals surface area contributed by atoms with Crippen LogP contribution in [0.5, 0.6) is 0 Å². The molecule has 1 aromatic carbocycles. The van der Waals surface area contributed by atoms with Gasteiger partial charge in [-0.1, -0.05) is 0 Å². The molecular weight excluding hydrogens is 499 g/mol. The normalized spacial score (nSPS) is 19.9. The van der Waals surface area contributed by atoms with Crippen molar-refractivity contribution in [3.63, 3.8) is 0 Å². The summed E-state index contributed by atoms with van der Waals surface area (Å²) in [6.45, 7) is 1.89. The highest BCUT2D eigenvalue weighted by Crippen LogP contribution is 2.37. The summed E-state index contributed by atoms with van der Waals surface area (Å²) in [7, 11) is 5.36. The van der Waals surface area contributed by atoms with Crippen molar-refractivity contribution in [2.75, 3.05) is 39.5 Å². The number of amides is 2. The van der Waals surface area contributed by atoms with Gasteiger partial charge in [-0.3, -0.25) is 9.59 Å². The van der Waals surface area contributed by atoms with E-state index in [0.717, 1.165) is 25.9 Å². The van der Waals surface area contributed by atoms with Crippen LogP contribution in [0.4, 0.5) is 30.6 Å². The fraction of sp³-hybridized carbons (Fsp3) is 0.500. The Morgan fingerprint density at radius 2 is 1.82 bits per heavy atom. The van der Waals surface area contributed by atoms with Crippen molar-refractivity contribution >= 4 is 35.0 Å². The molecule has 1 saturated heterocycles. The third-order valence-corrected chi connectivity index (χ3v) is 7.16. The molecule has 9 nitrogen and oxygen atoms in total. The zero-order chi connectivity index (χ0) is 27.4. The summed E-state index contributed by atoms with van der Waals surface area (Å²) in [5.41, 5.74) is 0.317. The van der Waals surface area contributed by atoms with Crippen LogP contribution in [-0.4, -0.2) is 77.6 Å². The van der Waals surface area contributed by atoms with Crippen molar-refractivity contribution in [2.45, 2.75) is 44.3 Å². The lowest BCUT2D eigenvalue weighted by atomic mass is 10.0. The molecule has 1 saturated carbocycles. The van der Waals surface area contributed by atoms with Crippen molar-refractivity contribution in [1.29, 1.82) is 0 Å². The number of hydrogen-bond acceptors (Lipinski definition) is 7. The maximum absolute atomic E-state index is 13.7. The molecule has 4 rings (SSSR count). The number of piperidine rings is 1. The van der Waals surface area contributed by atoms with Crippen LogP contribution < -0.4 is 10.6 Å². The van der Waals surface area contributed by atoms with Crippen molar-refractivity contribution in [1.82, 2.24) is 25.1 Å². The van der Waals surface area contributed by atoms with Crippen molar-refractivity contribution in [3.8, 4) is 0 Å². The van der Waals surface area contributed by atoms with E-state index in [9.17, 15) is 22.8 Å². The molecule has 2 amide bonds. The quantitative estimate of drug-likeness (QED) is 0.584. The molecule has 0 bridgehead atoms. The summed E-state index contributed by atoms with van der Waals surface area (Å²) >= 11 is 0. The highest BCUT2D eigenvalue weighted by Gasteiger charge is 2.36. The zero-order valence-electron chi connectivity index (χ0n) is 21.7. The van der Waals surface area contributed by atoms with E-state index >= 15 is 0 Å². The van der Waals surface area contributed by atoms with Crippen LogP contribution in [0.3, 0.4) is 0 Å². The van der Waals surface area contributed by atoms with Gasteiger partial charge in [-0.05, 0) is 76.5 Å². The van der Waals surface area contributed by atoms with Gasteiger partial charge >= 0.3 is 6.18 Å². The first-order valence-corrected chi connectivity index (χ1v) is 12.6. The second-order valence-corrected chi connectivity index (χ2v) is 9.74. The number of alkyl halides is 3. The van der Waals surface area contributed by atoms with E-state index in [4.69, 9.17) is 0 Å². The van der Waals surface area contributed by atoms with Gasteiger partial charge in [-0.2, -0.15) is 18.2 Å². The molecule has 2 heterocycles. The van der Waals surface area contributed by atoms with Gasteiger partial charge in [0.2, 0.25) is 11.9 Å². The Bertz CT molecular complexity index is 1190. The number of nitrogens with zero attached hydrogens (tertiary/aromatic N) is 5. The summed E-state index contributed by atoms with van der Waals surface area (Å²) in [6, 6.07) is 6.81. The molecule has 38 heavy (non-hydrogen) atoms. The van der Waals surface area contributed by atoms with Crippen LogP contribution in [0.15, 0.2) is 35.5 Å². The number of anilines is 2. The van der Waals surface area contributed by atoms with E-state index in [1.165, 1.54) is 7.05 Å². The second kappa shape index (κ2) is 11.5. The maximum Gasteiger partial charge on any atom is 0.421 e. The van der Waals surface area contributed by atoms with E-state index in [-0.39, 0.29) is 23.8 Å². The molecule has 1 aliphatic carbocycles. The van der Waals surface area contributed by atoms with Crippen LogP contribution in [-0.2, 0) is 11.0 Å². The Labute approximate surface area is 219 Å². The highest BCUT2D eigenvalue weighted by atomic mass is 19.4. The molecular formula is C26H32F3N7O2. The molecule has 1 aromatic heterocycles. The molecule has 2 N–H and O–H groups in total.